The zero-order valence-electron chi connectivity index (χ0n) is 12.8. The Morgan fingerprint density at radius 1 is 1.09 bits per heavy atom. The summed E-state index contributed by atoms with van der Waals surface area (Å²) in [6, 6.07) is 17.2. The molecule has 122 valence electrons. The molecule has 0 fully saturated rings. The Labute approximate surface area is 153 Å². The molecule has 1 N–H and O–H groups in total. The van der Waals surface area contributed by atoms with Gasteiger partial charge in [0.05, 0.1) is 24.0 Å². The van der Waals surface area contributed by atoms with Gasteiger partial charge < -0.3 is 10.0 Å². The lowest BCUT2D eigenvalue weighted by molar-refractivity contribution is -0.132. The largest absolute Gasteiger partial charge is 0.387 e. The molecule has 0 aliphatic carbocycles. The van der Waals surface area contributed by atoms with Crippen LogP contribution in [-0.2, 0) is 4.79 Å². The summed E-state index contributed by atoms with van der Waals surface area (Å²) in [7, 11) is 0. The third-order valence-corrected chi connectivity index (χ3v) is 4.82. The van der Waals surface area contributed by atoms with Gasteiger partial charge >= 0.3 is 0 Å². The Hall–Kier alpha value is -1.17. The van der Waals surface area contributed by atoms with Crippen molar-refractivity contribution in [1.82, 2.24) is 4.90 Å². The number of aliphatic hydroxyl groups excluding tert-OH is 1. The maximum Gasteiger partial charge on any atom is 0.233 e. The Morgan fingerprint density at radius 3 is 2.26 bits per heavy atom. The van der Waals surface area contributed by atoms with Crippen molar-refractivity contribution in [2.45, 2.75) is 19.1 Å². The van der Waals surface area contributed by atoms with Gasteiger partial charge in [-0.05, 0) is 30.2 Å². The summed E-state index contributed by atoms with van der Waals surface area (Å²) in [5.74, 6) is -0.0440. The lowest BCUT2D eigenvalue weighted by Crippen LogP contribution is -2.37. The number of aliphatic hydroxyl groups is 1. The molecule has 0 spiro atoms. The molecule has 0 unspecified atom stereocenters. The van der Waals surface area contributed by atoms with Crippen molar-refractivity contribution in [2.75, 3.05) is 11.9 Å². The van der Waals surface area contributed by atoms with Crippen LogP contribution in [0.3, 0.4) is 0 Å². The average Bonchev–Trinajstić information content (AvgIpc) is 2.59. The first-order valence-corrected chi connectivity index (χ1v) is 9.28. The van der Waals surface area contributed by atoms with Crippen LogP contribution in [0.15, 0.2) is 59.1 Å². The van der Waals surface area contributed by atoms with Crippen LogP contribution in [0.1, 0.15) is 30.2 Å². The minimum absolute atomic E-state index is 0.0440. The Bertz CT molecular complexity index is 631. The van der Waals surface area contributed by atoms with E-state index in [-0.39, 0.29) is 23.8 Å². The Morgan fingerprint density at radius 2 is 1.70 bits per heavy atom. The van der Waals surface area contributed by atoms with E-state index in [1.54, 1.807) is 4.90 Å². The molecule has 0 aliphatic heterocycles. The molecule has 0 aromatic heterocycles. The van der Waals surface area contributed by atoms with Crippen molar-refractivity contribution in [3.63, 3.8) is 0 Å². The number of hydrogen-bond acceptors (Lipinski definition) is 2. The lowest BCUT2D eigenvalue weighted by atomic mass is 10.0. The summed E-state index contributed by atoms with van der Waals surface area (Å²) in [6.45, 7) is 2.23. The van der Waals surface area contributed by atoms with Gasteiger partial charge in [0, 0.05) is 4.47 Å². The van der Waals surface area contributed by atoms with Crippen LogP contribution < -0.4 is 0 Å². The molecule has 2 rings (SSSR count). The van der Waals surface area contributed by atoms with E-state index in [1.165, 1.54) is 0 Å². The highest BCUT2D eigenvalue weighted by molar-refractivity contribution is 9.10. The second-order valence-electron chi connectivity index (χ2n) is 5.33. The predicted molar refractivity (Wildman–Crippen MR) is 99.5 cm³/mol. The smallest absolute Gasteiger partial charge is 0.233 e. The van der Waals surface area contributed by atoms with Crippen molar-refractivity contribution in [3.05, 3.63) is 70.2 Å². The summed E-state index contributed by atoms with van der Waals surface area (Å²) in [6.07, 6.45) is -0.725. The zero-order valence-corrected chi connectivity index (χ0v) is 16.0. The number of halogens is 2. The number of benzene rings is 2. The number of nitrogens with zero attached hydrogens (tertiary/aromatic N) is 1. The number of alkyl halides is 1. The molecular formula is C18H19Br2NO2. The van der Waals surface area contributed by atoms with Crippen LogP contribution >= 0.6 is 31.9 Å². The summed E-state index contributed by atoms with van der Waals surface area (Å²) in [5, 5.41) is 10.7. The topological polar surface area (TPSA) is 40.5 Å². The highest BCUT2D eigenvalue weighted by Crippen LogP contribution is 2.25. The average molecular weight is 441 g/mol. The quantitative estimate of drug-likeness (QED) is 0.673. The van der Waals surface area contributed by atoms with Crippen molar-refractivity contribution in [1.29, 1.82) is 0 Å². The maximum atomic E-state index is 12.3. The van der Waals surface area contributed by atoms with E-state index < -0.39 is 6.10 Å². The normalized spacial score (nSPS) is 13.4. The third-order valence-electron chi connectivity index (χ3n) is 3.81. The standard InChI is InChI=1S/C18H19Br2NO2/c1-13(14-5-3-2-4-6-14)21(18(23)11-19)12-17(22)15-7-9-16(20)10-8-15/h2-10,13,17,22H,11-12H2,1H3/t13-,17-/m1/s1. The van der Waals surface area contributed by atoms with Crippen molar-refractivity contribution < 1.29 is 9.90 Å². The zero-order chi connectivity index (χ0) is 16.8. The molecule has 23 heavy (non-hydrogen) atoms. The molecule has 2 aromatic rings. The van der Waals surface area contributed by atoms with Crippen LogP contribution in [0.2, 0.25) is 0 Å². The molecule has 0 aliphatic rings. The molecule has 0 saturated carbocycles. The van der Waals surface area contributed by atoms with Gasteiger partial charge in [-0.2, -0.15) is 0 Å². The Balaban J connectivity index is 2.18. The minimum atomic E-state index is -0.725. The van der Waals surface area contributed by atoms with E-state index in [4.69, 9.17) is 0 Å². The highest BCUT2D eigenvalue weighted by Gasteiger charge is 2.23. The van der Waals surface area contributed by atoms with E-state index in [1.807, 2.05) is 61.5 Å². The summed E-state index contributed by atoms with van der Waals surface area (Å²) >= 11 is 6.61. The fraction of sp³-hybridized carbons (Fsp3) is 0.278. The molecule has 1 amide bonds. The molecule has 2 aromatic carbocycles. The molecule has 0 heterocycles. The molecule has 3 nitrogen and oxygen atoms in total. The van der Waals surface area contributed by atoms with E-state index in [9.17, 15) is 9.90 Å². The number of hydrogen-bond donors (Lipinski definition) is 1. The first kappa shape index (κ1) is 18.2. The molecule has 0 radical (unpaired) electrons. The van der Waals surface area contributed by atoms with Crippen molar-refractivity contribution in [2.24, 2.45) is 0 Å². The predicted octanol–water partition coefficient (Wildman–Crippen LogP) is 4.47. The van der Waals surface area contributed by atoms with Gasteiger partial charge in [0.25, 0.3) is 0 Å². The van der Waals surface area contributed by atoms with Crippen LogP contribution in [-0.4, -0.2) is 27.8 Å². The highest BCUT2D eigenvalue weighted by atomic mass is 79.9. The summed E-state index contributed by atoms with van der Waals surface area (Å²) < 4.78 is 0.958. The maximum absolute atomic E-state index is 12.3. The summed E-state index contributed by atoms with van der Waals surface area (Å²) in [5.41, 5.74) is 1.84. The first-order valence-electron chi connectivity index (χ1n) is 7.37. The molecule has 5 heteroatoms. The van der Waals surface area contributed by atoms with Crippen LogP contribution in [0, 0.1) is 0 Å². The molecular weight excluding hydrogens is 422 g/mol. The summed E-state index contributed by atoms with van der Waals surface area (Å²) in [4.78, 5) is 14.0. The van der Waals surface area contributed by atoms with Gasteiger partial charge in [-0.15, -0.1) is 0 Å². The first-order chi connectivity index (χ1) is 11.0. The van der Waals surface area contributed by atoms with E-state index in [0.29, 0.717) is 0 Å². The number of carbonyl (C=O) groups is 1. The van der Waals surface area contributed by atoms with Gasteiger partial charge in [-0.25, -0.2) is 0 Å². The van der Waals surface area contributed by atoms with Gasteiger partial charge in [-0.1, -0.05) is 74.3 Å². The van der Waals surface area contributed by atoms with Gasteiger partial charge in [-0.3, -0.25) is 4.79 Å². The van der Waals surface area contributed by atoms with Gasteiger partial charge in [0.2, 0.25) is 5.91 Å². The van der Waals surface area contributed by atoms with Crippen LogP contribution in [0.5, 0.6) is 0 Å². The lowest BCUT2D eigenvalue weighted by Gasteiger charge is -2.31. The number of rotatable bonds is 6. The van der Waals surface area contributed by atoms with Gasteiger partial charge in [0.15, 0.2) is 0 Å². The SMILES string of the molecule is C[C@H](c1ccccc1)N(C[C@@H](O)c1ccc(Br)cc1)C(=O)CBr. The Kier molecular flexibility index (Phi) is 6.81. The number of amides is 1. The van der Waals surface area contributed by atoms with E-state index >= 15 is 0 Å². The van der Waals surface area contributed by atoms with Crippen LogP contribution in [0.25, 0.3) is 0 Å². The fourth-order valence-electron chi connectivity index (χ4n) is 2.44. The fourth-order valence-corrected chi connectivity index (χ4v) is 3.03. The minimum Gasteiger partial charge on any atom is -0.387 e. The molecule has 2 atom stereocenters. The second kappa shape index (κ2) is 8.62. The van der Waals surface area contributed by atoms with Crippen LogP contribution in [0.4, 0.5) is 0 Å². The number of carbonyl (C=O) groups excluding carboxylic acids is 1. The van der Waals surface area contributed by atoms with Crippen molar-refractivity contribution in [3.8, 4) is 0 Å². The van der Waals surface area contributed by atoms with Crippen molar-refractivity contribution >= 4 is 37.8 Å². The molecule has 0 saturated heterocycles. The van der Waals surface area contributed by atoms with E-state index in [2.05, 4.69) is 31.9 Å². The van der Waals surface area contributed by atoms with Gasteiger partial charge in [0.1, 0.15) is 0 Å². The third kappa shape index (κ3) is 4.90. The molecule has 0 bridgehead atoms. The monoisotopic (exact) mass is 439 g/mol. The van der Waals surface area contributed by atoms with E-state index in [0.717, 1.165) is 15.6 Å². The second-order valence-corrected chi connectivity index (χ2v) is 6.81.